The smallest absolute Gasteiger partial charge is 0.140 e. The first-order chi connectivity index (χ1) is 8.31. The van der Waals surface area contributed by atoms with Crippen molar-refractivity contribution in [3.05, 3.63) is 29.6 Å². The van der Waals surface area contributed by atoms with Crippen LogP contribution < -0.4 is 0 Å². The summed E-state index contributed by atoms with van der Waals surface area (Å²) in [5.74, 6) is 0. The third-order valence-corrected chi connectivity index (χ3v) is 4.35. The minimum Gasteiger partial charge on any atom is -0.299 e. The Morgan fingerprint density at radius 3 is 2.94 bits per heavy atom. The molecule has 0 N–H and O–H groups in total. The predicted molar refractivity (Wildman–Crippen MR) is 70.8 cm³/mol. The van der Waals surface area contributed by atoms with Gasteiger partial charge in [0.2, 0.25) is 0 Å². The van der Waals surface area contributed by atoms with Gasteiger partial charge in [0.15, 0.2) is 0 Å². The van der Waals surface area contributed by atoms with Gasteiger partial charge in [0.1, 0.15) is 11.8 Å². The molecule has 1 saturated heterocycles. The molecule has 1 aliphatic heterocycles. The highest BCUT2D eigenvalue weighted by Gasteiger charge is 2.18. The number of hydrogen-bond acceptors (Lipinski definition) is 4. The summed E-state index contributed by atoms with van der Waals surface area (Å²) < 4.78 is 0. The number of rotatable bonds is 3. The molecular formula is C13H17N3S. The van der Waals surface area contributed by atoms with Gasteiger partial charge in [0, 0.05) is 18.0 Å². The average Bonchev–Trinajstić information content (AvgIpc) is 2.40. The Balaban J connectivity index is 1.91. The molecule has 0 aliphatic carbocycles. The summed E-state index contributed by atoms with van der Waals surface area (Å²) in [6.07, 6.45) is 6.47. The van der Waals surface area contributed by atoms with Gasteiger partial charge in [-0.25, -0.2) is 4.98 Å². The van der Waals surface area contributed by atoms with Crippen molar-refractivity contribution in [2.24, 2.45) is 0 Å². The monoisotopic (exact) mass is 247 g/mol. The number of nitriles is 1. The second-order valence-corrected chi connectivity index (χ2v) is 5.51. The minimum atomic E-state index is 0.515. The lowest BCUT2D eigenvalue weighted by molar-refractivity contribution is 0.225. The topological polar surface area (TPSA) is 39.9 Å². The Hall–Kier alpha value is -1.05. The number of hydrogen-bond donors (Lipinski definition) is 0. The van der Waals surface area contributed by atoms with E-state index in [1.807, 2.05) is 23.9 Å². The Morgan fingerprint density at radius 1 is 1.53 bits per heavy atom. The van der Waals surface area contributed by atoms with Crippen LogP contribution in [0.1, 0.15) is 24.1 Å². The Kier molecular flexibility index (Phi) is 4.41. The third-order valence-electron chi connectivity index (χ3n) is 3.21. The van der Waals surface area contributed by atoms with Crippen molar-refractivity contribution < 1.29 is 0 Å². The highest BCUT2D eigenvalue weighted by molar-refractivity contribution is 7.99. The molecule has 0 bridgehead atoms. The number of pyridine rings is 1. The Labute approximate surface area is 107 Å². The van der Waals surface area contributed by atoms with Gasteiger partial charge in [0.05, 0.1) is 0 Å². The molecule has 0 atom stereocenters. The van der Waals surface area contributed by atoms with E-state index in [-0.39, 0.29) is 0 Å². The van der Waals surface area contributed by atoms with Gasteiger partial charge in [-0.3, -0.25) is 4.90 Å². The third kappa shape index (κ3) is 3.45. The molecule has 3 nitrogen and oxygen atoms in total. The maximum Gasteiger partial charge on any atom is 0.140 e. The normalized spacial score (nSPS) is 17.9. The molecule has 17 heavy (non-hydrogen) atoms. The molecule has 0 saturated carbocycles. The number of aromatic nitrogens is 1. The zero-order valence-corrected chi connectivity index (χ0v) is 10.9. The van der Waals surface area contributed by atoms with E-state index < -0.39 is 0 Å². The molecule has 2 rings (SSSR count). The zero-order valence-electron chi connectivity index (χ0n) is 10.1. The Morgan fingerprint density at radius 2 is 2.29 bits per heavy atom. The quantitative estimate of drug-likeness (QED) is 0.821. The lowest BCUT2D eigenvalue weighted by Gasteiger charge is -2.31. The molecule has 0 aromatic carbocycles. The van der Waals surface area contributed by atoms with Gasteiger partial charge in [-0.1, -0.05) is 0 Å². The molecule has 0 unspecified atom stereocenters. The van der Waals surface area contributed by atoms with E-state index in [4.69, 9.17) is 5.26 Å². The Bertz CT molecular complexity index is 405. The first-order valence-corrected chi connectivity index (χ1v) is 7.21. The van der Waals surface area contributed by atoms with Gasteiger partial charge >= 0.3 is 0 Å². The van der Waals surface area contributed by atoms with Gasteiger partial charge in [-0.15, -0.1) is 0 Å². The van der Waals surface area contributed by atoms with Crippen LogP contribution in [0, 0.1) is 11.3 Å². The van der Waals surface area contributed by atoms with Crippen LogP contribution in [0.15, 0.2) is 18.3 Å². The summed E-state index contributed by atoms with van der Waals surface area (Å²) in [5, 5.41) is 9.64. The fourth-order valence-corrected chi connectivity index (χ4v) is 2.88. The first-order valence-electron chi connectivity index (χ1n) is 5.92. The number of nitrogens with zero attached hydrogens (tertiary/aromatic N) is 3. The van der Waals surface area contributed by atoms with Crippen molar-refractivity contribution in [2.45, 2.75) is 24.6 Å². The van der Waals surface area contributed by atoms with Crippen LogP contribution in [-0.2, 0) is 6.54 Å². The standard InChI is InChI=1S/C13H17N3S/c1-17-13-3-6-16(7-4-13)10-11-2-5-15-12(8-11)9-14/h2,5,8,13H,3-4,6-7,10H2,1H3. The molecule has 90 valence electrons. The van der Waals surface area contributed by atoms with E-state index in [1.54, 1.807) is 6.20 Å². The largest absolute Gasteiger partial charge is 0.299 e. The SMILES string of the molecule is CSC1CCN(Cc2ccnc(C#N)c2)CC1. The second kappa shape index (κ2) is 6.04. The number of likely N-dealkylation sites (tertiary alicyclic amines) is 1. The van der Waals surface area contributed by atoms with Crippen molar-refractivity contribution in [3.8, 4) is 6.07 Å². The van der Waals surface area contributed by atoms with Gasteiger partial charge in [0.25, 0.3) is 0 Å². The summed E-state index contributed by atoms with van der Waals surface area (Å²) in [4.78, 5) is 6.45. The van der Waals surface area contributed by atoms with Crippen molar-refractivity contribution in [3.63, 3.8) is 0 Å². The van der Waals surface area contributed by atoms with Gasteiger partial charge < -0.3 is 0 Å². The molecule has 1 aromatic heterocycles. The molecule has 0 spiro atoms. The molecule has 0 amide bonds. The number of thioether (sulfide) groups is 1. The molecular weight excluding hydrogens is 230 g/mol. The van der Waals surface area contributed by atoms with E-state index in [0.717, 1.165) is 24.9 Å². The van der Waals surface area contributed by atoms with Crippen LogP contribution in [0.3, 0.4) is 0 Å². The van der Waals surface area contributed by atoms with Crippen molar-refractivity contribution in [1.29, 1.82) is 5.26 Å². The van der Waals surface area contributed by atoms with Crippen LogP contribution in [0.5, 0.6) is 0 Å². The summed E-state index contributed by atoms with van der Waals surface area (Å²) in [7, 11) is 0. The highest BCUT2D eigenvalue weighted by Crippen LogP contribution is 2.22. The lowest BCUT2D eigenvalue weighted by Crippen LogP contribution is -2.34. The molecule has 4 heteroatoms. The minimum absolute atomic E-state index is 0.515. The highest BCUT2D eigenvalue weighted by atomic mass is 32.2. The maximum absolute atomic E-state index is 8.81. The predicted octanol–water partition coefficient (Wildman–Crippen LogP) is 2.28. The summed E-state index contributed by atoms with van der Waals surface area (Å²) in [6.45, 7) is 3.27. The molecule has 1 aromatic rings. The van der Waals surface area contributed by atoms with Crippen molar-refractivity contribution in [1.82, 2.24) is 9.88 Å². The summed E-state index contributed by atoms with van der Waals surface area (Å²) in [6, 6.07) is 5.98. The molecule has 1 fully saturated rings. The summed E-state index contributed by atoms with van der Waals surface area (Å²) >= 11 is 1.98. The van der Waals surface area contributed by atoms with E-state index >= 15 is 0 Å². The van der Waals surface area contributed by atoms with Gasteiger partial charge in [-0.2, -0.15) is 17.0 Å². The van der Waals surface area contributed by atoms with E-state index in [9.17, 15) is 0 Å². The lowest BCUT2D eigenvalue weighted by atomic mass is 10.1. The van der Waals surface area contributed by atoms with Crippen molar-refractivity contribution in [2.75, 3.05) is 19.3 Å². The molecule has 1 aliphatic rings. The number of piperidine rings is 1. The fraction of sp³-hybridized carbons (Fsp3) is 0.538. The van der Waals surface area contributed by atoms with Crippen LogP contribution in [0.4, 0.5) is 0 Å². The van der Waals surface area contributed by atoms with Crippen molar-refractivity contribution >= 4 is 11.8 Å². The second-order valence-electron chi connectivity index (χ2n) is 4.37. The molecule has 0 radical (unpaired) electrons. The zero-order chi connectivity index (χ0) is 12.1. The average molecular weight is 247 g/mol. The maximum atomic E-state index is 8.81. The van der Waals surface area contributed by atoms with Gasteiger partial charge in [-0.05, 0) is 49.9 Å². The first kappa shape index (κ1) is 12.4. The van der Waals surface area contributed by atoms with Crippen LogP contribution in [-0.4, -0.2) is 34.5 Å². The summed E-state index contributed by atoms with van der Waals surface area (Å²) in [5.41, 5.74) is 1.71. The van der Waals surface area contributed by atoms with Crippen LogP contribution in [0.2, 0.25) is 0 Å². The van der Waals surface area contributed by atoms with E-state index in [0.29, 0.717) is 5.69 Å². The van der Waals surface area contributed by atoms with E-state index in [1.165, 1.54) is 18.4 Å². The van der Waals surface area contributed by atoms with E-state index in [2.05, 4.69) is 22.2 Å². The fourth-order valence-electron chi connectivity index (χ4n) is 2.20. The van der Waals surface area contributed by atoms with Crippen LogP contribution >= 0.6 is 11.8 Å². The molecule has 2 heterocycles. The van der Waals surface area contributed by atoms with Crippen LogP contribution in [0.25, 0.3) is 0 Å².